The lowest BCUT2D eigenvalue weighted by Crippen LogP contribution is -2.09. The minimum Gasteiger partial charge on any atom is -0.497 e. The van der Waals surface area contributed by atoms with Gasteiger partial charge < -0.3 is 14.6 Å². The van der Waals surface area contributed by atoms with E-state index in [1.54, 1.807) is 7.11 Å². The summed E-state index contributed by atoms with van der Waals surface area (Å²) in [5.41, 5.74) is 6.25. The zero-order valence-corrected chi connectivity index (χ0v) is 15.9. The lowest BCUT2D eigenvalue weighted by atomic mass is 10.0. The summed E-state index contributed by atoms with van der Waals surface area (Å²) in [6.07, 6.45) is 0.797. The average Bonchev–Trinajstić information content (AvgIpc) is 2.95. The van der Waals surface area contributed by atoms with Gasteiger partial charge in [-0.05, 0) is 51.0 Å². The van der Waals surface area contributed by atoms with Crippen molar-refractivity contribution in [2.24, 2.45) is 0 Å². The van der Waals surface area contributed by atoms with Crippen LogP contribution in [0.25, 0.3) is 0 Å². The Morgan fingerprint density at radius 1 is 0.923 bits per heavy atom. The first-order valence-corrected chi connectivity index (χ1v) is 8.60. The molecule has 0 aliphatic rings. The maximum absolute atomic E-state index is 5.21. The molecule has 0 radical (unpaired) electrons. The van der Waals surface area contributed by atoms with Crippen molar-refractivity contribution in [3.8, 4) is 5.75 Å². The predicted octanol–water partition coefficient (Wildman–Crippen LogP) is 3.91. The van der Waals surface area contributed by atoms with Crippen LogP contribution in [-0.4, -0.2) is 22.2 Å². The molecule has 0 fully saturated rings. The maximum Gasteiger partial charge on any atom is 0.223 e. The molecular weight excluding hydrogens is 328 g/mol. The first-order chi connectivity index (χ1) is 12.5. The van der Waals surface area contributed by atoms with Gasteiger partial charge in [0.25, 0.3) is 0 Å². The van der Waals surface area contributed by atoms with Crippen molar-refractivity contribution in [2.75, 3.05) is 12.4 Å². The smallest absolute Gasteiger partial charge is 0.223 e. The first kappa shape index (κ1) is 17.9. The first-order valence-electron chi connectivity index (χ1n) is 8.60. The second-order valence-corrected chi connectivity index (χ2v) is 6.38. The summed E-state index contributed by atoms with van der Waals surface area (Å²) in [7, 11) is 1.67. The van der Waals surface area contributed by atoms with Crippen molar-refractivity contribution in [2.45, 2.75) is 40.7 Å². The Bertz CT molecular complexity index is 858. The van der Waals surface area contributed by atoms with Gasteiger partial charge in [-0.3, -0.25) is 0 Å². The van der Waals surface area contributed by atoms with Crippen LogP contribution >= 0.6 is 0 Å². The Balaban J connectivity index is 1.75. The molecule has 136 valence electrons. The molecule has 0 unspecified atom stereocenters. The van der Waals surface area contributed by atoms with Gasteiger partial charge in [-0.1, -0.05) is 17.3 Å². The molecule has 1 aromatic carbocycles. The van der Waals surface area contributed by atoms with Gasteiger partial charge in [0.15, 0.2) is 0 Å². The topological polar surface area (TPSA) is 73.1 Å². The van der Waals surface area contributed by atoms with E-state index in [1.165, 1.54) is 5.56 Å². The molecule has 0 saturated heterocycles. The lowest BCUT2D eigenvalue weighted by molar-refractivity contribution is 0.392. The molecule has 2 heterocycles. The van der Waals surface area contributed by atoms with Crippen LogP contribution in [0.2, 0.25) is 0 Å². The number of rotatable bonds is 6. The van der Waals surface area contributed by atoms with E-state index in [1.807, 2.05) is 39.8 Å². The summed E-state index contributed by atoms with van der Waals surface area (Å²) in [4.78, 5) is 9.25. The fourth-order valence-corrected chi connectivity index (χ4v) is 2.94. The summed E-state index contributed by atoms with van der Waals surface area (Å²) in [5.74, 6) is 2.30. The zero-order chi connectivity index (χ0) is 18.7. The third kappa shape index (κ3) is 3.85. The number of benzene rings is 1. The van der Waals surface area contributed by atoms with Crippen LogP contribution in [0.5, 0.6) is 5.75 Å². The van der Waals surface area contributed by atoms with E-state index in [0.717, 1.165) is 46.1 Å². The molecule has 6 heteroatoms. The highest BCUT2D eigenvalue weighted by Gasteiger charge is 2.12. The Hall–Kier alpha value is -2.89. The number of hydrogen-bond acceptors (Lipinski definition) is 6. The van der Waals surface area contributed by atoms with Gasteiger partial charge in [0, 0.05) is 29.9 Å². The van der Waals surface area contributed by atoms with Crippen molar-refractivity contribution < 1.29 is 9.26 Å². The fraction of sp³-hybridized carbons (Fsp3) is 0.350. The molecule has 3 rings (SSSR count). The molecule has 0 aliphatic carbocycles. The molecule has 0 bridgehead atoms. The summed E-state index contributed by atoms with van der Waals surface area (Å²) in [6, 6.07) is 8.09. The lowest BCUT2D eigenvalue weighted by Gasteiger charge is -2.12. The molecule has 0 saturated carbocycles. The van der Waals surface area contributed by atoms with Gasteiger partial charge in [-0.25, -0.2) is 9.97 Å². The number of nitrogens with one attached hydrogen (secondary N) is 1. The van der Waals surface area contributed by atoms with Gasteiger partial charge in [0.1, 0.15) is 11.5 Å². The summed E-state index contributed by atoms with van der Waals surface area (Å²) in [5, 5.41) is 7.25. The molecule has 3 aromatic rings. The number of aromatic nitrogens is 3. The third-order valence-corrected chi connectivity index (χ3v) is 4.57. The zero-order valence-electron chi connectivity index (χ0n) is 15.9. The highest BCUT2D eigenvalue weighted by molar-refractivity contribution is 5.39. The highest BCUT2D eigenvalue weighted by atomic mass is 16.5. The largest absolute Gasteiger partial charge is 0.497 e. The van der Waals surface area contributed by atoms with Gasteiger partial charge in [0.2, 0.25) is 5.95 Å². The molecule has 1 N–H and O–H groups in total. The number of aryl methyl sites for hydroxylation is 4. The van der Waals surface area contributed by atoms with E-state index < -0.39 is 0 Å². The van der Waals surface area contributed by atoms with E-state index in [0.29, 0.717) is 12.5 Å². The second kappa shape index (κ2) is 7.56. The van der Waals surface area contributed by atoms with Crippen LogP contribution < -0.4 is 10.1 Å². The molecule has 26 heavy (non-hydrogen) atoms. The summed E-state index contributed by atoms with van der Waals surface area (Å²) < 4.78 is 10.4. The molecular formula is C20H24N4O2. The van der Waals surface area contributed by atoms with E-state index in [4.69, 9.17) is 9.26 Å². The Morgan fingerprint density at radius 2 is 1.58 bits per heavy atom. The number of nitrogens with zero attached hydrogens (tertiary/aromatic N) is 3. The average molecular weight is 352 g/mol. The SMILES string of the molecule is COc1ccc(Cc2c(C)nc(NCc3c(C)noc3C)nc2C)cc1. The fourth-order valence-electron chi connectivity index (χ4n) is 2.94. The standard InChI is InChI=1S/C20H24N4O2/c1-12-18(10-16-6-8-17(25-5)9-7-16)13(2)23-20(22-12)21-11-19-14(3)24-26-15(19)4/h6-9H,10-11H2,1-5H3,(H,21,22,23). The van der Waals surface area contributed by atoms with E-state index in [-0.39, 0.29) is 0 Å². The number of methoxy groups -OCH3 is 1. The molecule has 6 nitrogen and oxygen atoms in total. The molecule has 0 spiro atoms. The Kier molecular flexibility index (Phi) is 5.21. The van der Waals surface area contributed by atoms with Gasteiger partial charge >= 0.3 is 0 Å². The van der Waals surface area contributed by atoms with Crippen molar-refractivity contribution in [1.82, 2.24) is 15.1 Å². The van der Waals surface area contributed by atoms with Crippen molar-refractivity contribution in [3.63, 3.8) is 0 Å². The van der Waals surface area contributed by atoms with Crippen molar-refractivity contribution >= 4 is 5.95 Å². The molecule has 2 aromatic heterocycles. The maximum atomic E-state index is 5.21. The quantitative estimate of drug-likeness (QED) is 0.725. The van der Waals surface area contributed by atoms with Crippen LogP contribution in [0, 0.1) is 27.7 Å². The van der Waals surface area contributed by atoms with Crippen molar-refractivity contribution in [1.29, 1.82) is 0 Å². The minimum absolute atomic E-state index is 0.595. The second-order valence-electron chi connectivity index (χ2n) is 6.38. The number of hydrogen-bond donors (Lipinski definition) is 1. The summed E-state index contributed by atoms with van der Waals surface area (Å²) >= 11 is 0. The van der Waals surface area contributed by atoms with E-state index >= 15 is 0 Å². The molecule has 0 atom stereocenters. The normalized spacial score (nSPS) is 10.8. The number of ether oxygens (including phenoxy) is 1. The van der Waals surface area contributed by atoms with Crippen LogP contribution in [-0.2, 0) is 13.0 Å². The van der Waals surface area contributed by atoms with Crippen molar-refractivity contribution in [3.05, 3.63) is 63.8 Å². The Labute approximate surface area is 153 Å². The van der Waals surface area contributed by atoms with Crippen LogP contribution in [0.1, 0.15) is 39.5 Å². The predicted molar refractivity (Wildman–Crippen MR) is 101 cm³/mol. The van der Waals surface area contributed by atoms with E-state index in [9.17, 15) is 0 Å². The minimum atomic E-state index is 0.595. The monoisotopic (exact) mass is 352 g/mol. The van der Waals surface area contributed by atoms with Gasteiger partial charge in [-0.2, -0.15) is 0 Å². The van der Waals surface area contributed by atoms with Crippen LogP contribution in [0.4, 0.5) is 5.95 Å². The van der Waals surface area contributed by atoms with Crippen LogP contribution in [0.3, 0.4) is 0 Å². The third-order valence-electron chi connectivity index (χ3n) is 4.57. The van der Waals surface area contributed by atoms with Gasteiger partial charge in [0.05, 0.1) is 12.8 Å². The van der Waals surface area contributed by atoms with Crippen LogP contribution in [0.15, 0.2) is 28.8 Å². The molecule has 0 aliphatic heterocycles. The van der Waals surface area contributed by atoms with E-state index in [2.05, 4.69) is 32.6 Å². The highest BCUT2D eigenvalue weighted by Crippen LogP contribution is 2.20. The van der Waals surface area contributed by atoms with Gasteiger partial charge in [-0.15, -0.1) is 0 Å². The number of anilines is 1. The molecule has 0 amide bonds. The summed E-state index contributed by atoms with van der Waals surface area (Å²) in [6.45, 7) is 8.48. The Morgan fingerprint density at radius 3 is 2.12 bits per heavy atom.